The van der Waals surface area contributed by atoms with Gasteiger partial charge in [-0.25, -0.2) is 0 Å². The van der Waals surface area contributed by atoms with Crippen molar-refractivity contribution in [3.05, 3.63) is 28.3 Å². The molecule has 7 nitrogen and oxygen atoms in total. The Bertz CT molecular complexity index is 619. The van der Waals surface area contributed by atoms with Crippen molar-refractivity contribution < 1.29 is 14.1 Å². The van der Waals surface area contributed by atoms with E-state index >= 15 is 0 Å². The van der Waals surface area contributed by atoms with E-state index in [0.717, 1.165) is 32.6 Å². The van der Waals surface area contributed by atoms with Gasteiger partial charge in [-0.05, 0) is 24.8 Å². The Kier molecular flexibility index (Phi) is 3.51. The highest BCUT2D eigenvalue weighted by Crippen LogP contribution is 2.24. The maximum atomic E-state index is 10.7. The van der Waals surface area contributed by atoms with Crippen molar-refractivity contribution in [2.45, 2.75) is 12.8 Å². The molecule has 7 heteroatoms. The van der Waals surface area contributed by atoms with Gasteiger partial charge in [0.25, 0.3) is 11.7 Å². The van der Waals surface area contributed by atoms with Gasteiger partial charge in [-0.15, -0.1) is 0 Å². The first-order chi connectivity index (χ1) is 9.72. The number of non-ortho nitro benzene ring substituents is 1. The van der Waals surface area contributed by atoms with Gasteiger partial charge >= 0.3 is 0 Å². The first-order valence-electron chi connectivity index (χ1n) is 6.59. The van der Waals surface area contributed by atoms with E-state index in [1.54, 1.807) is 6.07 Å². The third-order valence-electron chi connectivity index (χ3n) is 3.43. The van der Waals surface area contributed by atoms with Crippen LogP contribution >= 0.6 is 0 Å². The molecule has 0 spiro atoms. The number of nitrogens with zero attached hydrogens (tertiary/aromatic N) is 2. The number of oxazole rings is 1. The van der Waals surface area contributed by atoms with Gasteiger partial charge in [0.2, 0.25) is 0 Å². The predicted molar refractivity (Wildman–Crippen MR) is 72.7 cm³/mol. The van der Waals surface area contributed by atoms with Gasteiger partial charge in [0, 0.05) is 31.9 Å². The molecule has 0 bridgehead atoms. The molecule has 1 fully saturated rings. The molecule has 1 aliphatic rings. The minimum atomic E-state index is -0.443. The number of anilines is 1. The summed E-state index contributed by atoms with van der Waals surface area (Å²) in [5.41, 5.74) is 1.05. The Balaban J connectivity index is 1.64. The number of rotatable bonds is 5. The number of nitrogens with one attached hydrogen (secondary N) is 1. The number of ether oxygens (including phenoxy) is 1. The molecular weight excluding hydrogens is 262 g/mol. The summed E-state index contributed by atoms with van der Waals surface area (Å²) in [6.45, 7) is 2.42. The number of nitro groups is 1. The Morgan fingerprint density at radius 1 is 1.50 bits per heavy atom. The van der Waals surface area contributed by atoms with E-state index in [-0.39, 0.29) is 5.69 Å². The fraction of sp³-hybridized carbons (Fsp3) is 0.462. The highest BCUT2D eigenvalue weighted by molar-refractivity contribution is 5.77. The van der Waals surface area contributed by atoms with Crippen LogP contribution in [0.1, 0.15) is 12.8 Å². The number of hydrogen-bond donors (Lipinski definition) is 1. The quantitative estimate of drug-likeness (QED) is 0.667. The Hall–Kier alpha value is -2.15. The SMILES string of the molecule is O=[N+]([O-])c1ccc2oc(NCCC3CCOC3)nc2c1. The Labute approximate surface area is 115 Å². The Morgan fingerprint density at radius 3 is 3.15 bits per heavy atom. The standard InChI is InChI=1S/C13H15N3O4/c17-16(18)10-1-2-12-11(7-10)15-13(20-12)14-5-3-9-4-6-19-8-9/h1-2,7,9H,3-6,8H2,(H,14,15). The molecule has 2 heterocycles. The highest BCUT2D eigenvalue weighted by Gasteiger charge is 2.16. The zero-order chi connectivity index (χ0) is 13.9. The summed E-state index contributed by atoms with van der Waals surface area (Å²) in [5, 5.41) is 13.8. The van der Waals surface area contributed by atoms with Gasteiger partial charge in [-0.1, -0.05) is 0 Å². The van der Waals surface area contributed by atoms with E-state index in [2.05, 4.69) is 10.3 Å². The summed E-state index contributed by atoms with van der Waals surface area (Å²) >= 11 is 0. The summed E-state index contributed by atoms with van der Waals surface area (Å²) in [4.78, 5) is 14.5. The zero-order valence-corrected chi connectivity index (χ0v) is 10.9. The largest absolute Gasteiger partial charge is 0.424 e. The number of aromatic nitrogens is 1. The van der Waals surface area contributed by atoms with Crippen LogP contribution in [0.15, 0.2) is 22.6 Å². The number of hydrogen-bond acceptors (Lipinski definition) is 6. The summed E-state index contributed by atoms with van der Waals surface area (Å²) < 4.78 is 10.8. The molecule has 3 rings (SSSR count). The first kappa shape index (κ1) is 12.9. The lowest BCUT2D eigenvalue weighted by molar-refractivity contribution is -0.384. The topological polar surface area (TPSA) is 90.4 Å². The summed E-state index contributed by atoms with van der Waals surface area (Å²) in [6, 6.07) is 4.79. The second kappa shape index (κ2) is 5.46. The van der Waals surface area contributed by atoms with E-state index in [0.29, 0.717) is 23.0 Å². The molecule has 106 valence electrons. The van der Waals surface area contributed by atoms with E-state index in [1.165, 1.54) is 12.1 Å². The van der Waals surface area contributed by atoms with E-state index in [9.17, 15) is 10.1 Å². The van der Waals surface area contributed by atoms with E-state index in [1.807, 2.05) is 0 Å². The lowest BCUT2D eigenvalue weighted by Crippen LogP contribution is -2.09. The van der Waals surface area contributed by atoms with Gasteiger partial charge in [0.1, 0.15) is 5.52 Å². The van der Waals surface area contributed by atoms with Crippen LogP contribution < -0.4 is 5.32 Å². The number of benzene rings is 1. The molecule has 1 atom stereocenters. The van der Waals surface area contributed by atoms with Crippen molar-refractivity contribution in [3.63, 3.8) is 0 Å². The van der Waals surface area contributed by atoms with Crippen molar-refractivity contribution in [1.29, 1.82) is 0 Å². The molecule has 1 N–H and O–H groups in total. The van der Waals surface area contributed by atoms with Crippen LogP contribution in [0.5, 0.6) is 0 Å². The normalized spacial score (nSPS) is 18.5. The van der Waals surface area contributed by atoms with Crippen molar-refractivity contribution in [3.8, 4) is 0 Å². The van der Waals surface area contributed by atoms with Crippen molar-refractivity contribution >= 4 is 22.8 Å². The lowest BCUT2D eigenvalue weighted by Gasteiger charge is -2.06. The van der Waals surface area contributed by atoms with Gasteiger partial charge in [-0.3, -0.25) is 10.1 Å². The minimum Gasteiger partial charge on any atom is -0.424 e. The molecule has 0 saturated carbocycles. The molecule has 1 unspecified atom stereocenters. The molecule has 0 aliphatic carbocycles. The van der Waals surface area contributed by atoms with Crippen LogP contribution in [0.4, 0.5) is 11.7 Å². The highest BCUT2D eigenvalue weighted by atomic mass is 16.6. The van der Waals surface area contributed by atoms with Gasteiger partial charge < -0.3 is 14.5 Å². The van der Waals surface area contributed by atoms with Crippen molar-refractivity contribution in [2.75, 3.05) is 25.1 Å². The summed E-state index contributed by atoms with van der Waals surface area (Å²) in [5.74, 6) is 0.591. The summed E-state index contributed by atoms with van der Waals surface area (Å²) in [6.07, 6.45) is 2.10. The van der Waals surface area contributed by atoms with Gasteiger partial charge in [-0.2, -0.15) is 4.98 Å². The second-order valence-electron chi connectivity index (χ2n) is 4.87. The third-order valence-corrected chi connectivity index (χ3v) is 3.43. The molecular formula is C13H15N3O4. The fourth-order valence-electron chi connectivity index (χ4n) is 2.30. The smallest absolute Gasteiger partial charge is 0.295 e. The maximum Gasteiger partial charge on any atom is 0.295 e. The second-order valence-corrected chi connectivity index (χ2v) is 4.87. The van der Waals surface area contributed by atoms with Gasteiger partial charge in [0.05, 0.1) is 4.92 Å². The fourth-order valence-corrected chi connectivity index (χ4v) is 2.30. The van der Waals surface area contributed by atoms with E-state index < -0.39 is 4.92 Å². The molecule has 20 heavy (non-hydrogen) atoms. The number of nitro benzene ring substituents is 1. The van der Waals surface area contributed by atoms with Crippen LogP contribution in [-0.4, -0.2) is 29.7 Å². The monoisotopic (exact) mass is 277 g/mol. The third kappa shape index (κ3) is 2.72. The number of fused-ring (bicyclic) bond motifs is 1. The molecule has 2 aromatic rings. The van der Waals surface area contributed by atoms with Crippen LogP contribution in [0.2, 0.25) is 0 Å². The lowest BCUT2D eigenvalue weighted by atomic mass is 10.1. The van der Waals surface area contributed by atoms with Crippen molar-refractivity contribution in [2.24, 2.45) is 5.92 Å². The molecule has 0 radical (unpaired) electrons. The van der Waals surface area contributed by atoms with Crippen molar-refractivity contribution in [1.82, 2.24) is 4.98 Å². The molecule has 1 saturated heterocycles. The van der Waals surface area contributed by atoms with Crippen LogP contribution in [0, 0.1) is 16.0 Å². The minimum absolute atomic E-state index is 0.0143. The Morgan fingerprint density at radius 2 is 2.40 bits per heavy atom. The molecule has 1 aromatic carbocycles. The van der Waals surface area contributed by atoms with Crippen LogP contribution in [0.25, 0.3) is 11.1 Å². The molecule has 0 amide bonds. The first-order valence-corrected chi connectivity index (χ1v) is 6.59. The zero-order valence-electron chi connectivity index (χ0n) is 10.9. The van der Waals surface area contributed by atoms with Crippen LogP contribution in [-0.2, 0) is 4.74 Å². The molecule has 1 aliphatic heterocycles. The average Bonchev–Trinajstić information content (AvgIpc) is 3.06. The predicted octanol–water partition coefficient (Wildman–Crippen LogP) is 2.57. The van der Waals surface area contributed by atoms with E-state index in [4.69, 9.17) is 9.15 Å². The maximum absolute atomic E-state index is 10.7. The summed E-state index contributed by atoms with van der Waals surface area (Å²) in [7, 11) is 0. The molecule has 1 aromatic heterocycles. The van der Waals surface area contributed by atoms with Crippen LogP contribution in [0.3, 0.4) is 0 Å². The van der Waals surface area contributed by atoms with Gasteiger partial charge in [0.15, 0.2) is 5.58 Å². The average molecular weight is 277 g/mol.